The number of carbonyl (C=O) groups is 1. The van der Waals surface area contributed by atoms with Crippen LogP contribution in [0, 0.1) is 0 Å². The largest absolute Gasteiger partial charge is 0.281 e. The molecule has 0 heterocycles. The van der Waals surface area contributed by atoms with E-state index in [0.717, 1.165) is 0 Å². The van der Waals surface area contributed by atoms with Gasteiger partial charge in [-0.05, 0) is 60.1 Å². The van der Waals surface area contributed by atoms with Crippen LogP contribution in [0.15, 0.2) is 0 Å². The molecule has 0 aromatic carbocycles. The van der Waals surface area contributed by atoms with Crippen LogP contribution in [0.25, 0.3) is 0 Å². The van der Waals surface area contributed by atoms with Gasteiger partial charge in [-0.3, -0.25) is 4.79 Å². The van der Waals surface area contributed by atoms with Crippen molar-refractivity contribution in [2.45, 2.75) is 78.3 Å². The molecule has 0 aromatic rings. The van der Waals surface area contributed by atoms with E-state index in [0.29, 0.717) is 0 Å². The first kappa shape index (κ1) is 18.8. The van der Waals surface area contributed by atoms with Crippen LogP contribution >= 0.6 is 11.6 Å². The molecule has 0 saturated heterocycles. The number of rotatable bonds is 7. The molecule has 0 saturated carbocycles. The summed E-state index contributed by atoms with van der Waals surface area (Å²) in [5, 5.41) is -0.468. The topological polar surface area (TPSA) is 54.0 Å². The molecule has 0 aliphatic carbocycles. The Labute approximate surface area is 120 Å². The molecule has 114 valence electrons. The van der Waals surface area contributed by atoms with Gasteiger partial charge in [0.1, 0.15) is 0 Å². The van der Waals surface area contributed by atoms with Crippen LogP contribution in [0.4, 0.5) is 0 Å². The van der Waals surface area contributed by atoms with Crippen LogP contribution < -0.4 is 0 Å². The van der Waals surface area contributed by atoms with Crippen molar-refractivity contribution in [2.75, 3.05) is 0 Å². The first-order chi connectivity index (χ1) is 8.33. The molecule has 0 atom stereocenters. The lowest BCUT2D eigenvalue weighted by Crippen LogP contribution is -2.38. The van der Waals surface area contributed by atoms with Gasteiger partial charge < -0.3 is 0 Å². The second kappa shape index (κ2) is 6.99. The van der Waals surface area contributed by atoms with Crippen molar-refractivity contribution in [3.8, 4) is 0 Å². The minimum atomic E-state index is -1.20. The van der Waals surface area contributed by atoms with Crippen LogP contribution in [-0.4, -0.2) is 22.2 Å². The maximum Gasteiger partial charge on any atom is 0.231 e. The second-order valence-corrected chi connectivity index (χ2v) is 6.97. The molecular weight excluding hydrogens is 272 g/mol. The average molecular weight is 297 g/mol. The van der Waals surface area contributed by atoms with Crippen molar-refractivity contribution < 1.29 is 24.3 Å². The summed E-state index contributed by atoms with van der Waals surface area (Å²) in [6, 6.07) is 0. The van der Waals surface area contributed by atoms with Crippen molar-refractivity contribution in [1.82, 2.24) is 0 Å². The van der Waals surface area contributed by atoms with Gasteiger partial charge in [-0.1, -0.05) is 0 Å². The Hall–Kier alpha value is -0.200. The highest BCUT2D eigenvalue weighted by Gasteiger charge is 2.34. The van der Waals surface area contributed by atoms with Crippen molar-refractivity contribution in [1.29, 1.82) is 0 Å². The summed E-state index contributed by atoms with van der Waals surface area (Å²) >= 11 is 5.33. The van der Waals surface area contributed by atoms with E-state index in [4.69, 9.17) is 31.2 Å². The lowest BCUT2D eigenvalue weighted by Gasteiger charge is -2.32. The zero-order valence-electron chi connectivity index (χ0n) is 12.8. The summed E-state index contributed by atoms with van der Waals surface area (Å²) < 4.78 is 0. The van der Waals surface area contributed by atoms with Gasteiger partial charge in [-0.2, -0.15) is 9.78 Å². The van der Waals surface area contributed by atoms with Crippen molar-refractivity contribution >= 4 is 16.8 Å². The zero-order valence-corrected chi connectivity index (χ0v) is 13.6. The maximum atomic E-state index is 10.9. The number of halogens is 1. The minimum Gasteiger partial charge on any atom is -0.281 e. The van der Waals surface area contributed by atoms with E-state index >= 15 is 0 Å². The third-order valence-corrected chi connectivity index (χ3v) is 1.90. The van der Waals surface area contributed by atoms with Crippen LogP contribution in [0.1, 0.15) is 61.3 Å². The third-order valence-electron chi connectivity index (χ3n) is 1.71. The van der Waals surface area contributed by atoms with E-state index < -0.39 is 22.2 Å². The summed E-state index contributed by atoms with van der Waals surface area (Å²) in [6.45, 7) is 12.7. The molecule has 0 spiro atoms. The highest BCUT2D eigenvalue weighted by Crippen LogP contribution is 2.26. The Morgan fingerprint density at radius 2 is 1.21 bits per heavy atom. The minimum absolute atomic E-state index is 0.0963. The molecule has 19 heavy (non-hydrogen) atoms. The monoisotopic (exact) mass is 296 g/mol. The van der Waals surface area contributed by atoms with E-state index in [1.54, 1.807) is 6.92 Å². The van der Waals surface area contributed by atoms with Gasteiger partial charge in [0.05, 0.1) is 11.2 Å². The second-order valence-electron chi connectivity index (χ2n) is 6.55. The Kier molecular flexibility index (Phi) is 6.92. The Balaban J connectivity index is 4.56. The molecular formula is C13H25ClO5. The smallest absolute Gasteiger partial charge is 0.231 e. The molecule has 0 aliphatic rings. The summed E-state index contributed by atoms with van der Waals surface area (Å²) in [7, 11) is 0. The molecule has 0 unspecified atom stereocenters. The molecule has 0 aromatic heterocycles. The molecule has 0 radical (unpaired) electrons. The number of carbonyl (C=O) groups excluding carboxylic acids is 1. The van der Waals surface area contributed by atoms with Crippen LogP contribution in [-0.2, 0) is 24.3 Å². The van der Waals surface area contributed by atoms with E-state index in [1.165, 1.54) is 0 Å². The summed E-state index contributed by atoms with van der Waals surface area (Å²) in [5.74, 6) is -1.20. The van der Waals surface area contributed by atoms with E-state index in [9.17, 15) is 4.79 Å². The quantitative estimate of drug-likeness (QED) is 0.310. The van der Waals surface area contributed by atoms with Crippen molar-refractivity contribution in [3.63, 3.8) is 0 Å². The predicted molar refractivity (Wildman–Crippen MR) is 72.3 cm³/mol. The third kappa shape index (κ3) is 11.3. The van der Waals surface area contributed by atoms with E-state index in [-0.39, 0.29) is 12.8 Å². The first-order valence-corrected chi connectivity index (χ1v) is 6.63. The molecule has 0 amide bonds. The lowest BCUT2D eigenvalue weighted by atomic mass is 10.2. The molecule has 0 rings (SSSR count). The van der Waals surface area contributed by atoms with Crippen LogP contribution in [0.3, 0.4) is 0 Å². The average Bonchev–Trinajstić information content (AvgIpc) is 2.19. The molecule has 0 N–H and O–H groups in total. The summed E-state index contributed by atoms with van der Waals surface area (Å²) in [5.41, 5.74) is -1.01. The first-order valence-electron chi connectivity index (χ1n) is 6.25. The van der Waals surface area contributed by atoms with Gasteiger partial charge in [-0.15, -0.1) is 0 Å². The molecule has 0 fully saturated rings. The highest BCUT2D eigenvalue weighted by atomic mass is 35.5. The van der Waals surface area contributed by atoms with Crippen LogP contribution in [0.5, 0.6) is 0 Å². The van der Waals surface area contributed by atoms with Gasteiger partial charge in [0.25, 0.3) is 0 Å². The Morgan fingerprint density at radius 3 is 1.47 bits per heavy atom. The molecule has 0 bridgehead atoms. The summed E-state index contributed by atoms with van der Waals surface area (Å²) in [6.07, 6.45) is 0.320. The van der Waals surface area contributed by atoms with E-state index in [1.807, 2.05) is 41.5 Å². The normalized spacial score (nSPS) is 13.7. The van der Waals surface area contributed by atoms with Gasteiger partial charge in [0, 0.05) is 12.8 Å². The number of hydrogen-bond acceptors (Lipinski definition) is 5. The molecule has 0 aliphatic heterocycles. The Bertz CT molecular complexity index is 272. The summed E-state index contributed by atoms with van der Waals surface area (Å²) in [4.78, 5) is 31.9. The van der Waals surface area contributed by atoms with Crippen LogP contribution in [0.2, 0.25) is 0 Å². The standard InChI is InChI=1S/C13H25ClO5/c1-11(2,3)16-18-13(7,9-8-10(14)15)19-17-12(4,5)6/h8-9H2,1-7H3. The predicted octanol–water partition coefficient (Wildman–Crippen LogP) is 3.74. The lowest BCUT2D eigenvalue weighted by molar-refractivity contribution is -0.537. The van der Waals surface area contributed by atoms with Gasteiger partial charge in [0.2, 0.25) is 11.0 Å². The molecule has 6 heteroatoms. The fraction of sp³-hybridized carbons (Fsp3) is 0.923. The van der Waals surface area contributed by atoms with Gasteiger partial charge >= 0.3 is 0 Å². The fourth-order valence-corrected chi connectivity index (χ4v) is 0.943. The van der Waals surface area contributed by atoms with Gasteiger partial charge in [-0.25, -0.2) is 9.78 Å². The van der Waals surface area contributed by atoms with Crippen molar-refractivity contribution in [2.24, 2.45) is 0 Å². The highest BCUT2D eigenvalue weighted by molar-refractivity contribution is 6.63. The fourth-order valence-electron chi connectivity index (χ4n) is 0.849. The number of hydrogen-bond donors (Lipinski definition) is 0. The Morgan fingerprint density at radius 1 is 0.842 bits per heavy atom. The molecule has 5 nitrogen and oxygen atoms in total. The van der Waals surface area contributed by atoms with Crippen molar-refractivity contribution in [3.05, 3.63) is 0 Å². The zero-order chi connectivity index (χ0) is 15.3. The van der Waals surface area contributed by atoms with Gasteiger partial charge in [0.15, 0.2) is 0 Å². The SMILES string of the molecule is CC(C)(C)OOC(C)(CCC(=O)Cl)OOC(C)(C)C. The maximum absolute atomic E-state index is 10.9. The van der Waals surface area contributed by atoms with E-state index in [2.05, 4.69) is 0 Å².